The van der Waals surface area contributed by atoms with E-state index in [1.807, 2.05) is 0 Å². The molecular formula is C17H17N3O4. The van der Waals surface area contributed by atoms with Gasteiger partial charge in [-0.15, -0.1) is 0 Å². The number of piperidine rings is 1. The predicted molar refractivity (Wildman–Crippen MR) is 86.1 cm³/mol. The standard InChI is InChI=1S/C17H17N3O4/c21-15-14(8-18-10-19-15)16(22)20-7-1-2-13(9-20)11-3-5-12(6-4-11)17(23)24/h3-6,8,10,13H,1-2,7,9H2,(H,23,24)(H,18,19,21)/t13-/m1/s1. The van der Waals surface area contributed by atoms with Crippen molar-refractivity contribution in [3.63, 3.8) is 0 Å². The Morgan fingerprint density at radius 1 is 1.25 bits per heavy atom. The van der Waals surface area contributed by atoms with Gasteiger partial charge in [-0.25, -0.2) is 9.78 Å². The number of carboxylic acids is 1. The van der Waals surface area contributed by atoms with Gasteiger partial charge in [-0.2, -0.15) is 0 Å². The van der Waals surface area contributed by atoms with Gasteiger partial charge in [0.25, 0.3) is 11.5 Å². The van der Waals surface area contributed by atoms with Gasteiger partial charge in [-0.05, 0) is 30.5 Å². The van der Waals surface area contributed by atoms with Crippen molar-refractivity contribution in [2.75, 3.05) is 13.1 Å². The van der Waals surface area contributed by atoms with Crippen molar-refractivity contribution in [3.05, 3.63) is 63.8 Å². The summed E-state index contributed by atoms with van der Waals surface area (Å²) in [5.41, 5.74) is 0.837. The largest absolute Gasteiger partial charge is 0.478 e. The van der Waals surface area contributed by atoms with Gasteiger partial charge in [0, 0.05) is 25.2 Å². The van der Waals surface area contributed by atoms with Crippen molar-refractivity contribution in [2.24, 2.45) is 0 Å². The summed E-state index contributed by atoms with van der Waals surface area (Å²) in [5, 5.41) is 8.96. The number of aromatic carboxylic acids is 1. The molecule has 2 N–H and O–H groups in total. The van der Waals surface area contributed by atoms with E-state index < -0.39 is 11.5 Å². The van der Waals surface area contributed by atoms with E-state index in [0.29, 0.717) is 13.1 Å². The molecule has 7 heteroatoms. The number of likely N-dealkylation sites (tertiary alicyclic amines) is 1. The predicted octanol–water partition coefficient (Wildman–Crippen LogP) is 1.49. The molecule has 2 aromatic rings. The highest BCUT2D eigenvalue weighted by Crippen LogP contribution is 2.27. The number of hydrogen-bond donors (Lipinski definition) is 2. The second kappa shape index (κ2) is 6.66. The molecule has 1 aromatic heterocycles. The lowest BCUT2D eigenvalue weighted by Crippen LogP contribution is -2.41. The van der Waals surface area contributed by atoms with E-state index in [2.05, 4.69) is 9.97 Å². The molecule has 7 nitrogen and oxygen atoms in total. The highest BCUT2D eigenvalue weighted by Gasteiger charge is 2.27. The number of carboxylic acid groups (broad SMARTS) is 1. The van der Waals surface area contributed by atoms with Crippen LogP contribution in [-0.4, -0.2) is 44.9 Å². The normalized spacial score (nSPS) is 17.5. The molecule has 1 aliphatic rings. The molecule has 0 unspecified atom stereocenters. The van der Waals surface area contributed by atoms with Gasteiger partial charge in [-0.3, -0.25) is 9.59 Å². The number of amides is 1. The SMILES string of the molecule is O=C(O)c1ccc([C@@H]2CCCN(C(=O)c3cnc[nH]c3=O)C2)cc1. The van der Waals surface area contributed by atoms with E-state index in [9.17, 15) is 14.4 Å². The zero-order chi connectivity index (χ0) is 17.1. The first-order valence-electron chi connectivity index (χ1n) is 7.71. The molecular weight excluding hydrogens is 310 g/mol. The third-order valence-corrected chi connectivity index (χ3v) is 4.29. The van der Waals surface area contributed by atoms with Gasteiger partial charge in [-0.1, -0.05) is 12.1 Å². The van der Waals surface area contributed by atoms with E-state index in [-0.39, 0.29) is 23.0 Å². The van der Waals surface area contributed by atoms with Crippen LogP contribution in [0.2, 0.25) is 0 Å². The van der Waals surface area contributed by atoms with Gasteiger partial charge >= 0.3 is 5.97 Å². The molecule has 1 aromatic carbocycles. The minimum Gasteiger partial charge on any atom is -0.478 e. The fourth-order valence-corrected chi connectivity index (χ4v) is 3.00. The molecule has 2 heterocycles. The Hall–Kier alpha value is -2.96. The topological polar surface area (TPSA) is 103 Å². The molecule has 1 atom stereocenters. The Labute approximate surface area is 138 Å². The quantitative estimate of drug-likeness (QED) is 0.889. The average Bonchev–Trinajstić information content (AvgIpc) is 2.62. The first kappa shape index (κ1) is 15.9. The molecule has 0 spiro atoms. The lowest BCUT2D eigenvalue weighted by atomic mass is 9.90. The lowest BCUT2D eigenvalue weighted by molar-refractivity contribution is 0.0693. The van der Waals surface area contributed by atoms with Crippen molar-refractivity contribution in [1.29, 1.82) is 0 Å². The molecule has 24 heavy (non-hydrogen) atoms. The fourth-order valence-electron chi connectivity index (χ4n) is 3.00. The number of H-pyrrole nitrogens is 1. The molecule has 0 radical (unpaired) electrons. The van der Waals surface area contributed by atoms with Crippen LogP contribution in [0, 0.1) is 0 Å². The van der Waals surface area contributed by atoms with Crippen LogP contribution in [0.4, 0.5) is 0 Å². The zero-order valence-corrected chi connectivity index (χ0v) is 12.9. The van der Waals surface area contributed by atoms with E-state index in [1.54, 1.807) is 29.2 Å². The minimum absolute atomic E-state index is 0.0411. The summed E-state index contributed by atoms with van der Waals surface area (Å²) in [6.45, 7) is 1.09. The molecule has 1 saturated heterocycles. The first-order chi connectivity index (χ1) is 11.6. The highest BCUT2D eigenvalue weighted by molar-refractivity contribution is 5.93. The second-order valence-corrected chi connectivity index (χ2v) is 5.81. The second-order valence-electron chi connectivity index (χ2n) is 5.81. The van der Waals surface area contributed by atoms with Gasteiger partial charge in [0.15, 0.2) is 0 Å². The maximum atomic E-state index is 12.5. The van der Waals surface area contributed by atoms with Crippen molar-refractivity contribution < 1.29 is 14.7 Å². The lowest BCUT2D eigenvalue weighted by Gasteiger charge is -2.33. The summed E-state index contributed by atoms with van der Waals surface area (Å²) < 4.78 is 0. The highest BCUT2D eigenvalue weighted by atomic mass is 16.4. The van der Waals surface area contributed by atoms with Crippen molar-refractivity contribution in [1.82, 2.24) is 14.9 Å². The van der Waals surface area contributed by atoms with E-state index in [1.165, 1.54) is 12.5 Å². The third-order valence-electron chi connectivity index (χ3n) is 4.29. The average molecular weight is 327 g/mol. The van der Waals surface area contributed by atoms with Crippen molar-refractivity contribution in [2.45, 2.75) is 18.8 Å². The molecule has 1 amide bonds. The number of rotatable bonds is 3. The van der Waals surface area contributed by atoms with E-state index >= 15 is 0 Å². The number of aromatic nitrogens is 2. The van der Waals surface area contributed by atoms with Crippen LogP contribution in [0.3, 0.4) is 0 Å². The van der Waals surface area contributed by atoms with E-state index in [4.69, 9.17) is 5.11 Å². The van der Waals surface area contributed by atoms with Crippen LogP contribution in [0.1, 0.15) is 45.0 Å². The van der Waals surface area contributed by atoms with Crippen molar-refractivity contribution >= 4 is 11.9 Å². The summed E-state index contributed by atoms with van der Waals surface area (Å²) >= 11 is 0. The molecule has 0 aliphatic carbocycles. The maximum Gasteiger partial charge on any atom is 0.335 e. The summed E-state index contributed by atoms with van der Waals surface area (Å²) in [7, 11) is 0. The number of carbonyl (C=O) groups is 2. The van der Waals surface area contributed by atoms with Crippen LogP contribution in [-0.2, 0) is 0 Å². The van der Waals surface area contributed by atoms with Crippen LogP contribution in [0.15, 0.2) is 41.6 Å². The first-order valence-corrected chi connectivity index (χ1v) is 7.71. The number of aromatic amines is 1. The Kier molecular flexibility index (Phi) is 4.41. The molecule has 0 saturated carbocycles. The number of nitrogens with one attached hydrogen (secondary N) is 1. The molecule has 0 bridgehead atoms. The van der Waals surface area contributed by atoms with Gasteiger partial charge in [0.1, 0.15) is 5.56 Å². The summed E-state index contributed by atoms with van der Waals surface area (Å²) in [4.78, 5) is 43.1. The summed E-state index contributed by atoms with van der Waals surface area (Å²) in [6, 6.07) is 6.73. The fraction of sp³-hybridized carbons (Fsp3) is 0.294. The third kappa shape index (κ3) is 3.19. The maximum absolute atomic E-state index is 12.5. The minimum atomic E-state index is -0.960. The number of benzene rings is 1. The molecule has 124 valence electrons. The number of nitrogens with zero attached hydrogens (tertiary/aromatic N) is 2. The van der Waals surface area contributed by atoms with Gasteiger partial charge in [0.2, 0.25) is 0 Å². The molecule has 1 aliphatic heterocycles. The number of carbonyl (C=O) groups excluding carboxylic acids is 1. The van der Waals surface area contributed by atoms with Crippen LogP contribution < -0.4 is 5.56 Å². The smallest absolute Gasteiger partial charge is 0.335 e. The molecule has 3 rings (SSSR count). The van der Waals surface area contributed by atoms with Crippen LogP contribution in [0.5, 0.6) is 0 Å². The Bertz CT molecular complexity index is 813. The zero-order valence-electron chi connectivity index (χ0n) is 12.9. The Balaban J connectivity index is 1.77. The summed E-state index contributed by atoms with van der Waals surface area (Å²) in [6.07, 6.45) is 4.28. The monoisotopic (exact) mass is 327 g/mol. The van der Waals surface area contributed by atoms with Gasteiger partial charge < -0.3 is 15.0 Å². The van der Waals surface area contributed by atoms with Crippen LogP contribution >= 0.6 is 0 Å². The Morgan fingerprint density at radius 3 is 2.67 bits per heavy atom. The Morgan fingerprint density at radius 2 is 2.00 bits per heavy atom. The van der Waals surface area contributed by atoms with Gasteiger partial charge in [0.05, 0.1) is 11.9 Å². The summed E-state index contributed by atoms with van der Waals surface area (Å²) in [5.74, 6) is -1.16. The number of hydrogen-bond acceptors (Lipinski definition) is 4. The van der Waals surface area contributed by atoms with E-state index in [0.717, 1.165) is 18.4 Å². The van der Waals surface area contributed by atoms with Crippen molar-refractivity contribution in [3.8, 4) is 0 Å². The molecule has 1 fully saturated rings. The van der Waals surface area contributed by atoms with Crippen LogP contribution in [0.25, 0.3) is 0 Å².